The molecule has 0 saturated heterocycles. The van der Waals surface area contributed by atoms with Gasteiger partial charge in [-0.15, -0.1) is 11.6 Å². The number of halogens is 1. The van der Waals surface area contributed by atoms with Gasteiger partial charge in [-0.25, -0.2) is 4.98 Å². The minimum Gasteiger partial charge on any atom is -0.324 e. The lowest BCUT2D eigenvalue weighted by atomic mass is 9.79. The van der Waals surface area contributed by atoms with Crippen LogP contribution in [0.25, 0.3) is 11.0 Å². The van der Waals surface area contributed by atoms with Crippen LogP contribution in [-0.2, 0) is 5.88 Å². The summed E-state index contributed by atoms with van der Waals surface area (Å²) in [5.41, 5.74) is 2.48. The van der Waals surface area contributed by atoms with E-state index in [9.17, 15) is 5.26 Å². The molecule has 21 heavy (non-hydrogen) atoms. The highest BCUT2D eigenvalue weighted by molar-refractivity contribution is 6.16. The van der Waals surface area contributed by atoms with Gasteiger partial charge in [0.15, 0.2) is 0 Å². The van der Waals surface area contributed by atoms with Gasteiger partial charge in [-0.2, -0.15) is 5.26 Å². The van der Waals surface area contributed by atoms with Crippen molar-refractivity contribution in [2.75, 3.05) is 0 Å². The second-order valence-corrected chi connectivity index (χ2v) is 6.55. The summed E-state index contributed by atoms with van der Waals surface area (Å²) in [5, 5.41) is 9.27. The molecule has 3 rings (SSSR count). The van der Waals surface area contributed by atoms with Gasteiger partial charge in [0.1, 0.15) is 17.4 Å². The molecule has 1 aromatic carbocycles. The normalized spacial score (nSPS) is 25.9. The fourth-order valence-corrected chi connectivity index (χ4v) is 3.94. The number of imidazole rings is 1. The van der Waals surface area contributed by atoms with Crippen molar-refractivity contribution in [3.63, 3.8) is 0 Å². The summed E-state index contributed by atoms with van der Waals surface area (Å²) in [4.78, 5) is 4.64. The monoisotopic (exact) mass is 301 g/mol. The van der Waals surface area contributed by atoms with Crippen molar-refractivity contribution in [3.05, 3.63) is 29.6 Å². The lowest BCUT2D eigenvalue weighted by molar-refractivity contribution is 0.209. The van der Waals surface area contributed by atoms with E-state index < -0.39 is 0 Å². The van der Waals surface area contributed by atoms with Crippen molar-refractivity contribution in [3.8, 4) is 6.07 Å². The predicted molar refractivity (Wildman–Crippen MR) is 85.2 cm³/mol. The number of nitriles is 1. The van der Waals surface area contributed by atoms with Crippen LogP contribution in [0.4, 0.5) is 0 Å². The number of alkyl halides is 1. The molecule has 110 valence electrons. The molecule has 1 saturated carbocycles. The molecule has 0 radical (unpaired) electrons. The van der Waals surface area contributed by atoms with E-state index in [1.807, 2.05) is 12.1 Å². The van der Waals surface area contributed by atoms with Gasteiger partial charge in [0.2, 0.25) is 0 Å². The van der Waals surface area contributed by atoms with Gasteiger partial charge in [0, 0.05) is 6.04 Å². The second-order valence-electron chi connectivity index (χ2n) is 6.28. The molecule has 1 aromatic heterocycles. The smallest absolute Gasteiger partial charge is 0.125 e. The molecule has 1 aliphatic carbocycles. The van der Waals surface area contributed by atoms with Crippen LogP contribution in [0.1, 0.15) is 50.5 Å². The van der Waals surface area contributed by atoms with Crippen LogP contribution in [0, 0.1) is 23.2 Å². The fraction of sp³-hybridized carbons (Fsp3) is 0.529. The van der Waals surface area contributed by atoms with Gasteiger partial charge in [0.05, 0.1) is 17.0 Å². The minimum absolute atomic E-state index is 0.387. The number of aromatic nitrogens is 2. The number of benzene rings is 1. The van der Waals surface area contributed by atoms with Crippen LogP contribution in [0.2, 0.25) is 0 Å². The van der Waals surface area contributed by atoms with Gasteiger partial charge in [0.25, 0.3) is 0 Å². The van der Waals surface area contributed by atoms with Gasteiger partial charge in [-0.3, -0.25) is 0 Å². The highest BCUT2D eigenvalue weighted by Crippen LogP contribution is 2.39. The Bertz CT molecular complexity index is 698. The zero-order valence-electron chi connectivity index (χ0n) is 12.5. The largest absolute Gasteiger partial charge is 0.324 e. The molecule has 0 amide bonds. The minimum atomic E-state index is 0.387. The summed E-state index contributed by atoms with van der Waals surface area (Å²) >= 11 is 6.13. The molecule has 1 fully saturated rings. The molecule has 3 unspecified atom stereocenters. The lowest BCUT2D eigenvalue weighted by Gasteiger charge is -2.34. The molecule has 3 nitrogen and oxygen atoms in total. The molecule has 0 bridgehead atoms. The van der Waals surface area contributed by atoms with Crippen LogP contribution in [0.5, 0.6) is 0 Å². The quantitative estimate of drug-likeness (QED) is 0.758. The highest BCUT2D eigenvalue weighted by atomic mass is 35.5. The van der Waals surface area contributed by atoms with Crippen LogP contribution in [0.3, 0.4) is 0 Å². The number of nitrogens with zero attached hydrogens (tertiary/aromatic N) is 3. The number of fused-ring (bicyclic) bond motifs is 1. The SMILES string of the molecule is CC1CCC(n2c(CCl)nc3c(C#N)cccc32)C(C)C1. The van der Waals surface area contributed by atoms with Crippen molar-refractivity contribution < 1.29 is 0 Å². The predicted octanol–water partition coefficient (Wildman–Crippen LogP) is 4.64. The van der Waals surface area contributed by atoms with E-state index in [0.717, 1.165) is 29.2 Å². The topological polar surface area (TPSA) is 41.6 Å². The van der Waals surface area contributed by atoms with Gasteiger partial charge in [-0.05, 0) is 43.2 Å². The third kappa shape index (κ3) is 2.42. The molecule has 0 N–H and O–H groups in total. The Morgan fingerprint density at radius 2 is 2.19 bits per heavy atom. The fourth-order valence-electron chi connectivity index (χ4n) is 3.75. The van der Waals surface area contributed by atoms with E-state index in [-0.39, 0.29) is 0 Å². The Hall–Kier alpha value is -1.53. The highest BCUT2D eigenvalue weighted by Gasteiger charge is 2.29. The number of hydrogen-bond acceptors (Lipinski definition) is 2. The first-order chi connectivity index (χ1) is 10.2. The molecule has 0 spiro atoms. The summed E-state index contributed by atoms with van der Waals surface area (Å²) in [5.74, 6) is 2.68. The number of hydrogen-bond donors (Lipinski definition) is 0. The molecule has 4 heteroatoms. The Morgan fingerprint density at radius 1 is 1.38 bits per heavy atom. The molecular formula is C17H20ClN3. The molecular weight excluding hydrogens is 282 g/mol. The van der Waals surface area contributed by atoms with E-state index in [4.69, 9.17) is 11.6 Å². The zero-order chi connectivity index (χ0) is 15.0. The molecule has 2 aromatic rings. The average molecular weight is 302 g/mol. The van der Waals surface area contributed by atoms with Crippen molar-refractivity contribution >= 4 is 22.6 Å². The van der Waals surface area contributed by atoms with Crippen molar-refractivity contribution in [2.24, 2.45) is 11.8 Å². The summed E-state index contributed by atoms with van der Waals surface area (Å²) in [6, 6.07) is 8.50. The Morgan fingerprint density at radius 3 is 2.86 bits per heavy atom. The first-order valence-corrected chi connectivity index (χ1v) is 8.15. The van der Waals surface area contributed by atoms with Crippen molar-refractivity contribution in [2.45, 2.75) is 45.0 Å². The summed E-state index contributed by atoms with van der Waals surface area (Å²) in [6.07, 6.45) is 3.65. The third-order valence-corrected chi connectivity index (χ3v) is 4.99. The summed E-state index contributed by atoms with van der Waals surface area (Å²) < 4.78 is 2.29. The van der Waals surface area contributed by atoms with Crippen LogP contribution in [0.15, 0.2) is 18.2 Å². The van der Waals surface area contributed by atoms with Crippen LogP contribution >= 0.6 is 11.6 Å². The Balaban J connectivity index is 2.15. The Labute approximate surface area is 130 Å². The lowest BCUT2D eigenvalue weighted by Crippen LogP contribution is -2.25. The second kappa shape index (κ2) is 5.69. The first-order valence-electron chi connectivity index (χ1n) is 7.61. The van der Waals surface area contributed by atoms with Crippen LogP contribution in [-0.4, -0.2) is 9.55 Å². The van der Waals surface area contributed by atoms with E-state index >= 15 is 0 Å². The Kier molecular flexibility index (Phi) is 3.91. The summed E-state index contributed by atoms with van der Waals surface area (Å²) in [7, 11) is 0. The van der Waals surface area contributed by atoms with Crippen molar-refractivity contribution in [1.82, 2.24) is 9.55 Å². The molecule has 1 heterocycles. The third-order valence-electron chi connectivity index (χ3n) is 4.75. The maximum absolute atomic E-state index is 9.27. The maximum Gasteiger partial charge on any atom is 0.125 e. The number of rotatable bonds is 2. The van der Waals surface area contributed by atoms with Gasteiger partial charge >= 0.3 is 0 Å². The molecule has 0 aliphatic heterocycles. The molecule has 1 aliphatic rings. The standard InChI is InChI=1S/C17H20ClN3/c1-11-6-7-14(12(2)8-11)21-15-5-3-4-13(10-19)17(15)20-16(21)9-18/h3-5,11-12,14H,6-9H2,1-2H3. The van der Waals surface area contributed by atoms with E-state index in [1.54, 1.807) is 0 Å². The molecule has 3 atom stereocenters. The average Bonchev–Trinajstić information content (AvgIpc) is 2.85. The zero-order valence-corrected chi connectivity index (χ0v) is 13.3. The van der Waals surface area contributed by atoms with Gasteiger partial charge in [-0.1, -0.05) is 19.9 Å². The van der Waals surface area contributed by atoms with Crippen molar-refractivity contribution in [1.29, 1.82) is 5.26 Å². The van der Waals surface area contributed by atoms with Gasteiger partial charge < -0.3 is 4.57 Å². The summed E-state index contributed by atoms with van der Waals surface area (Å²) in [6.45, 7) is 4.65. The maximum atomic E-state index is 9.27. The van der Waals surface area contributed by atoms with Crippen LogP contribution < -0.4 is 0 Å². The van der Waals surface area contributed by atoms with E-state index in [1.165, 1.54) is 12.8 Å². The van der Waals surface area contributed by atoms with E-state index in [0.29, 0.717) is 23.4 Å². The number of para-hydroxylation sites is 1. The first kappa shape index (κ1) is 14.4. The van der Waals surface area contributed by atoms with E-state index in [2.05, 4.69) is 35.5 Å².